The summed E-state index contributed by atoms with van der Waals surface area (Å²) in [5, 5.41) is 11.1. The molecule has 0 saturated carbocycles. The van der Waals surface area contributed by atoms with Gasteiger partial charge in [0, 0.05) is 12.0 Å². The zero-order valence-corrected chi connectivity index (χ0v) is 11.8. The molecule has 0 aromatic heterocycles. The van der Waals surface area contributed by atoms with Gasteiger partial charge in [-0.25, -0.2) is 0 Å². The molecule has 0 fully saturated rings. The molecule has 0 unspecified atom stereocenters. The van der Waals surface area contributed by atoms with Gasteiger partial charge >= 0.3 is 5.97 Å². The fourth-order valence-corrected chi connectivity index (χ4v) is 2.34. The smallest absolute Gasteiger partial charge is 0.303 e. The Hall–Kier alpha value is -2.03. The topological polar surface area (TPSA) is 46.5 Å². The van der Waals surface area contributed by atoms with Crippen molar-refractivity contribution in [2.24, 2.45) is 0 Å². The van der Waals surface area contributed by atoms with Crippen LogP contribution in [0, 0.1) is 0 Å². The maximum Gasteiger partial charge on any atom is 0.303 e. The average molecular weight is 272 g/mol. The zero-order chi connectivity index (χ0) is 14.4. The summed E-state index contributed by atoms with van der Waals surface area (Å²) < 4.78 is 5.80. The van der Waals surface area contributed by atoms with E-state index in [0.29, 0.717) is 13.0 Å². The summed E-state index contributed by atoms with van der Waals surface area (Å²) in [5.74, 6) is 0.136. The molecule has 0 amide bonds. The minimum atomic E-state index is -0.749. The summed E-state index contributed by atoms with van der Waals surface area (Å²) in [6.45, 7) is 2.76. The lowest BCUT2D eigenvalue weighted by Crippen LogP contribution is -2.01. The molecule has 0 atom stereocenters. The van der Waals surface area contributed by atoms with Crippen LogP contribution in [0.3, 0.4) is 0 Å². The van der Waals surface area contributed by atoms with E-state index in [1.807, 2.05) is 18.2 Å². The van der Waals surface area contributed by atoms with E-state index >= 15 is 0 Å². The van der Waals surface area contributed by atoms with Crippen LogP contribution in [-0.2, 0) is 11.2 Å². The van der Waals surface area contributed by atoms with Crippen LogP contribution in [0.5, 0.6) is 5.75 Å². The molecule has 3 nitrogen and oxygen atoms in total. The van der Waals surface area contributed by atoms with Crippen molar-refractivity contribution in [3.05, 3.63) is 42.0 Å². The van der Waals surface area contributed by atoms with Crippen LogP contribution in [0.2, 0.25) is 0 Å². The largest absolute Gasteiger partial charge is 0.493 e. The van der Waals surface area contributed by atoms with Crippen molar-refractivity contribution < 1.29 is 14.6 Å². The number of hydrogen-bond acceptors (Lipinski definition) is 2. The molecular weight excluding hydrogens is 252 g/mol. The number of ether oxygens (including phenoxy) is 1. The standard InChI is InChI=1S/C17H20O3/c1-2-12-20-16-11-10-13-6-3-4-7-14(13)15(16)8-5-9-17(18)19/h3-4,6-7,10-11H,2,5,8-9,12H2,1H3,(H,18,19). The second-order valence-corrected chi connectivity index (χ2v) is 4.86. The molecular formula is C17H20O3. The molecule has 0 heterocycles. The quantitative estimate of drug-likeness (QED) is 0.827. The Labute approximate surface area is 119 Å². The first kappa shape index (κ1) is 14.4. The maximum atomic E-state index is 10.7. The van der Waals surface area contributed by atoms with Gasteiger partial charge in [-0.2, -0.15) is 0 Å². The predicted molar refractivity (Wildman–Crippen MR) is 80.3 cm³/mol. The van der Waals surface area contributed by atoms with Crippen molar-refractivity contribution in [1.29, 1.82) is 0 Å². The number of aliphatic carboxylic acids is 1. The molecule has 3 heteroatoms. The van der Waals surface area contributed by atoms with Crippen LogP contribution < -0.4 is 4.74 Å². The molecule has 0 radical (unpaired) electrons. The van der Waals surface area contributed by atoms with Gasteiger partial charge in [0.1, 0.15) is 5.75 Å². The van der Waals surface area contributed by atoms with Crippen LogP contribution in [-0.4, -0.2) is 17.7 Å². The fourth-order valence-electron chi connectivity index (χ4n) is 2.34. The van der Waals surface area contributed by atoms with Gasteiger partial charge in [0.15, 0.2) is 0 Å². The van der Waals surface area contributed by atoms with Crippen molar-refractivity contribution in [2.75, 3.05) is 6.61 Å². The highest BCUT2D eigenvalue weighted by Gasteiger charge is 2.09. The van der Waals surface area contributed by atoms with E-state index in [4.69, 9.17) is 9.84 Å². The second-order valence-electron chi connectivity index (χ2n) is 4.86. The highest BCUT2D eigenvalue weighted by molar-refractivity contribution is 5.87. The van der Waals surface area contributed by atoms with Crippen molar-refractivity contribution >= 4 is 16.7 Å². The van der Waals surface area contributed by atoms with Gasteiger partial charge in [-0.3, -0.25) is 4.79 Å². The summed E-state index contributed by atoms with van der Waals surface area (Å²) in [4.78, 5) is 10.7. The third-order valence-electron chi connectivity index (χ3n) is 3.28. The van der Waals surface area contributed by atoms with Gasteiger partial charge in [0.05, 0.1) is 6.61 Å². The van der Waals surface area contributed by atoms with Crippen LogP contribution in [0.4, 0.5) is 0 Å². The Morgan fingerprint density at radius 2 is 2.00 bits per heavy atom. The maximum absolute atomic E-state index is 10.7. The number of carbonyl (C=O) groups is 1. The van der Waals surface area contributed by atoms with Gasteiger partial charge in [0.25, 0.3) is 0 Å². The molecule has 2 aromatic carbocycles. The molecule has 0 aliphatic rings. The number of carboxylic acid groups (broad SMARTS) is 1. The monoisotopic (exact) mass is 272 g/mol. The first-order valence-electron chi connectivity index (χ1n) is 7.07. The van der Waals surface area contributed by atoms with Crippen molar-refractivity contribution in [3.8, 4) is 5.75 Å². The van der Waals surface area contributed by atoms with Crippen LogP contribution in [0.1, 0.15) is 31.7 Å². The Morgan fingerprint density at radius 1 is 1.20 bits per heavy atom. The second kappa shape index (κ2) is 6.94. The molecule has 106 valence electrons. The molecule has 2 rings (SSSR count). The van der Waals surface area contributed by atoms with Gasteiger partial charge in [-0.15, -0.1) is 0 Å². The molecule has 0 aliphatic carbocycles. The number of aryl methyl sites for hydroxylation is 1. The Bertz CT molecular complexity index is 590. The fraction of sp³-hybridized carbons (Fsp3) is 0.353. The minimum Gasteiger partial charge on any atom is -0.493 e. The van der Waals surface area contributed by atoms with Gasteiger partial charge in [-0.1, -0.05) is 37.3 Å². The molecule has 1 N–H and O–H groups in total. The van der Waals surface area contributed by atoms with E-state index in [9.17, 15) is 4.79 Å². The van der Waals surface area contributed by atoms with E-state index in [-0.39, 0.29) is 6.42 Å². The van der Waals surface area contributed by atoms with Gasteiger partial charge in [-0.05, 0) is 36.1 Å². The van der Waals surface area contributed by atoms with E-state index in [1.54, 1.807) is 0 Å². The summed E-state index contributed by atoms with van der Waals surface area (Å²) in [6.07, 6.45) is 2.51. The summed E-state index contributed by atoms with van der Waals surface area (Å²) in [7, 11) is 0. The van der Waals surface area contributed by atoms with Crippen molar-refractivity contribution in [1.82, 2.24) is 0 Å². The Kier molecular flexibility index (Phi) is 4.99. The van der Waals surface area contributed by atoms with Gasteiger partial charge in [0.2, 0.25) is 0 Å². The van der Waals surface area contributed by atoms with E-state index in [0.717, 1.165) is 29.5 Å². The molecule has 0 spiro atoms. The molecule has 0 aliphatic heterocycles. The molecule has 0 saturated heterocycles. The summed E-state index contributed by atoms with van der Waals surface area (Å²) >= 11 is 0. The van der Waals surface area contributed by atoms with E-state index in [2.05, 4.69) is 25.1 Å². The number of hydrogen-bond donors (Lipinski definition) is 1. The molecule has 2 aromatic rings. The van der Waals surface area contributed by atoms with Crippen LogP contribution in [0.25, 0.3) is 10.8 Å². The third kappa shape index (κ3) is 3.50. The Balaban J connectivity index is 2.31. The molecule has 20 heavy (non-hydrogen) atoms. The van der Waals surface area contributed by atoms with E-state index in [1.165, 1.54) is 5.39 Å². The highest BCUT2D eigenvalue weighted by Crippen LogP contribution is 2.29. The molecule has 0 bridgehead atoms. The number of carboxylic acids is 1. The lowest BCUT2D eigenvalue weighted by molar-refractivity contribution is -0.137. The third-order valence-corrected chi connectivity index (χ3v) is 3.28. The summed E-state index contributed by atoms with van der Waals surface area (Å²) in [5.41, 5.74) is 1.12. The van der Waals surface area contributed by atoms with Gasteiger partial charge < -0.3 is 9.84 Å². The average Bonchev–Trinajstić information content (AvgIpc) is 2.45. The lowest BCUT2D eigenvalue weighted by Gasteiger charge is -2.13. The summed E-state index contributed by atoms with van der Waals surface area (Å²) in [6, 6.07) is 12.2. The number of rotatable bonds is 7. The van der Waals surface area contributed by atoms with E-state index < -0.39 is 5.97 Å². The lowest BCUT2D eigenvalue weighted by atomic mass is 9.99. The van der Waals surface area contributed by atoms with Crippen LogP contribution in [0.15, 0.2) is 36.4 Å². The van der Waals surface area contributed by atoms with Crippen molar-refractivity contribution in [2.45, 2.75) is 32.6 Å². The minimum absolute atomic E-state index is 0.191. The van der Waals surface area contributed by atoms with Crippen LogP contribution >= 0.6 is 0 Å². The van der Waals surface area contributed by atoms with Crippen molar-refractivity contribution in [3.63, 3.8) is 0 Å². The predicted octanol–water partition coefficient (Wildman–Crippen LogP) is 4.04. The normalized spacial score (nSPS) is 10.7. The SMILES string of the molecule is CCCOc1ccc2ccccc2c1CCCC(=O)O. The first-order chi connectivity index (χ1) is 9.72. The first-order valence-corrected chi connectivity index (χ1v) is 7.07. The number of fused-ring (bicyclic) bond motifs is 1. The zero-order valence-electron chi connectivity index (χ0n) is 11.8. The number of benzene rings is 2. The Morgan fingerprint density at radius 3 is 2.75 bits per heavy atom. The highest BCUT2D eigenvalue weighted by atomic mass is 16.5.